The number of nitrogens with one attached hydrogen (secondary N) is 1. The molecule has 1 aromatic heterocycles. The number of rotatable bonds is 11. The molecule has 0 saturated carbocycles. The minimum atomic E-state index is -1.36. The van der Waals surface area contributed by atoms with Crippen molar-refractivity contribution in [3.8, 4) is 11.5 Å². The summed E-state index contributed by atoms with van der Waals surface area (Å²) in [5.41, 5.74) is 3.88. The molecule has 1 amide bonds. The Morgan fingerprint density at radius 1 is 1.12 bits per heavy atom. The minimum absolute atomic E-state index is 0.0492. The summed E-state index contributed by atoms with van der Waals surface area (Å²) in [6.45, 7) is 10.2. The molecule has 0 radical (unpaired) electrons. The summed E-state index contributed by atoms with van der Waals surface area (Å²) >= 11 is 0. The number of carbonyl (C=O) groups is 1. The van der Waals surface area contributed by atoms with Crippen LogP contribution in [0.15, 0.2) is 59.0 Å². The Morgan fingerprint density at radius 3 is 2.58 bits per heavy atom. The summed E-state index contributed by atoms with van der Waals surface area (Å²) in [7, 11) is -1.36. The number of hydrogen-bond donors (Lipinski definition) is 1. The molecular formula is C26H33N3O3S. The number of carbonyl (C=O) groups excluding carboxylic acids is 1. The van der Waals surface area contributed by atoms with Gasteiger partial charge in [-0.15, -0.1) is 0 Å². The second kappa shape index (κ2) is 11.9. The van der Waals surface area contributed by atoms with Gasteiger partial charge in [0.1, 0.15) is 11.5 Å². The average molecular weight is 468 g/mol. The molecule has 0 bridgehead atoms. The predicted molar refractivity (Wildman–Crippen MR) is 133 cm³/mol. The van der Waals surface area contributed by atoms with Crippen molar-refractivity contribution in [1.82, 2.24) is 15.2 Å². The standard InChI is InChI=1S/C26H33N3O3S/c1-19(2)29(16-22-10-6-5-7-11-22)14-13-27-25(30)18-33(31)17-24-21(4)32-26(28-24)23-12-8-9-20(3)15-23/h5-12,15,19H,13-14,16-18H2,1-4H3,(H,27,30)/t33-/m1/s1. The summed E-state index contributed by atoms with van der Waals surface area (Å²) in [5, 5.41) is 2.90. The molecule has 7 heteroatoms. The highest BCUT2D eigenvalue weighted by molar-refractivity contribution is 7.84. The Bertz CT molecular complexity index is 1080. The van der Waals surface area contributed by atoms with Crippen molar-refractivity contribution in [3.05, 3.63) is 77.2 Å². The third-order valence-electron chi connectivity index (χ3n) is 5.43. The van der Waals surface area contributed by atoms with Crippen LogP contribution in [0.5, 0.6) is 0 Å². The highest BCUT2D eigenvalue weighted by Gasteiger charge is 2.17. The van der Waals surface area contributed by atoms with Gasteiger partial charge in [0.15, 0.2) is 0 Å². The van der Waals surface area contributed by atoms with Gasteiger partial charge in [0.05, 0.1) is 11.4 Å². The highest BCUT2D eigenvalue weighted by atomic mass is 32.2. The first-order valence-corrected chi connectivity index (χ1v) is 12.7. The summed E-state index contributed by atoms with van der Waals surface area (Å²) in [4.78, 5) is 19.2. The maximum Gasteiger partial charge on any atom is 0.232 e. The molecule has 1 atom stereocenters. The SMILES string of the molecule is Cc1cccc(-c2nc(C[S@@](=O)CC(=O)NCCN(Cc3ccccc3)C(C)C)c(C)o2)c1. The number of aryl methyl sites for hydroxylation is 2. The molecule has 33 heavy (non-hydrogen) atoms. The van der Waals surface area contributed by atoms with Gasteiger partial charge in [-0.25, -0.2) is 4.98 Å². The van der Waals surface area contributed by atoms with E-state index in [0.717, 1.165) is 24.2 Å². The largest absolute Gasteiger partial charge is 0.441 e. The fourth-order valence-corrected chi connectivity index (χ4v) is 4.61. The summed E-state index contributed by atoms with van der Waals surface area (Å²) < 4.78 is 18.4. The van der Waals surface area contributed by atoms with Crippen molar-refractivity contribution in [3.63, 3.8) is 0 Å². The zero-order valence-electron chi connectivity index (χ0n) is 19.8. The molecular weight excluding hydrogens is 434 g/mol. The lowest BCUT2D eigenvalue weighted by molar-refractivity contribution is -0.118. The van der Waals surface area contributed by atoms with E-state index in [4.69, 9.17) is 4.42 Å². The monoisotopic (exact) mass is 467 g/mol. The molecule has 0 saturated heterocycles. The molecule has 0 fully saturated rings. The number of amides is 1. The van der Waals surface area contributed by atoms with E-state index in [1.807, 2.05) is 56.3 Å². The van der Waals surface area contributed by atoms with Crippen LogP contribution < -0.4 is 5.32 Å². The molecule has 0 aliphatic rings. The van der Waals surface area contributed by atoms with Crippen molar-refractivity contribution in [2.75, 3.05) is 18.8 Å². The normalized spacial score (nSPS) is 12.3. The van der Waals surface area contributed by atoms with Crippen LogP contribution in [0, 0.1) is 13.8 Å². The quantitative estimate of drug-likeness (QED) is 0.457. The third-order valence-corrected chi connectivity index (χ3v) is 6.61. The van der Waals surface area contributed by atoms with Crippen LogP contribution in [-0.2, 0) is 27.9 Å². The first-order valence-electron chi connectivity index (χ1n) is 11.2. The van der Waals surface area contributed by atoms with Crippen LogP contribution in [0.4, 0.5) is 0 Å². The van der Waals surface area contributed by atoms with Gasteiger partial charge in [0.2, 0.25) is 11.8 Å². The predicted octanol–water partition coefficient (Wildman–Crippen LogP) is 4.23. The second-order valence-electron chi connectivity index (χ2n) is 8.52. The van der Waals surface area contributed by atoms with Crippen LogP contribution in [0.1, 0.15) is 36.4 Å². The smallest absolute Gasteiger partial charge is 0.232 e. The number of benzene rings is 2. The molecule has 176 valence electrons. The van der Waals surface area contributed by atoms with Gasteiger partial charge >= 0.3 is 0 Å². The minimum Gasteiger partial charge on any atom is -0.441 e. The Morgan fingerprint density at radius 2 is 1.88 bits per heavy atom. The molecule has 0 spiro atoms. The topological polar surface area (TPSA) is 75.4 Å². The van der Waals surface area contributed by atoms with Crippen molar-refractivity contribution in [2.24, 2.45) is 0 Å². The van der Waals surface area contributed by atoms with E-state index in [0.29, 0.717) is 29.9 Å². The summed E-state index contributed by atoms with van der Waals surface area (Å²) in [6, 6.07) is 18.5. The van der Waals surface area contributed by atoms with Crippen molar-refractivity contribution in [1.29, 1.82) is 0 Å². The number of aromatic nitrogens is 1. The number of nitrogens with zero attached hydrogens (tertiary/aromatic N) is 2. The lowest BCUT2D eigenvalue weighted by Gasteiger charge is -2.26. The van der Waals surface area contributed by atoms with E-state index in [9.17, 15) is 9.00 Å². The molecule has 0 aliphatic carbocycles. The molecule has 6 nitrogen and oxygen atoms in total. The fraction of sp³-hybridized carbons (Fsp3) is 0.385. The van der Waals surface area contributed by atoms with Crippen LogP contribution >= 0.6 is 0 Å². The fourth-order valence-electron chi connectivity index (χ4n) is 3.54. The zero-order chi connectivity index (χ0) is 23.8. The van der Waals surface area contributed by atoms with Gasteiger partial charge in [0, 0.05) is 42.0 Å². The van der Waals surface area contributed by atoms with E-state index < -0.39 is 10.8 Å². The number of hydrogen-bond acceptors (Lipinski definition) is 5. The van der Waals surface area contributed by atoms with E-state index in [1.54, 1.807) is 0 Å². The van der Waals surface area contributed by atoms with E-state index in [2.05, 4.69) is 41.2 Å². The van der Waals surface area contributed by atoms with Gasteiger partial charge in [-0.3, -0.25) is 13.9 Å². The summed E-state index contributed by atoms with van der Waals surface area (Å²) in [6.07, 6.45) is 0. The van der Waals surface area contributed by atoms with E-state index >= 15 is 0 Å². The van der Waals surface area contributed by atoms with E-state index in [-0.39, 0.29) is 17.4 Å². The van der Waals surface area contributed by atoms with Crippen LogP contribution in [-0.4, -0.2) is 44.9 Å². The Labute approximate surface area is 198 Å². The first kappa shape index (κ1) is 24.9. The zero-order valence-corrected chi connectivity index (χ0v) is 20.7. The highest BCUT2D eigenvalue weighted by Crippen LogP contribution is 2.23. The van der Waals surface area contributed by atoms with Crippen molar-refractivity contribution >= 4 is 16.7 Å². The number of oxazole rings is 1. The maximum atomic E-state index is 12.6. The Hall–Kier alpha value is -2.77. The van der Waals surface area contributed by atoms with Crippen LogP contribution in [0.2, 0.25) is 0 Å². The van der Waals surface area contributed by atoms with Gasteiger partial charge in [-0.1, -0.05) is 48.0 Å². The first-order chi connectivity index (χ1) is 15.8. The van der Waals surface area contributed by atoms with Gasteiger partial charge in [0.25, 0.3) is 0 Å². The summed E-state index contributed by atoms with van der Waals surface area (Å²) in [5.74, 6) is 1.08. The van der Waals surface area contributed by atoms with Crippen LogP contribution in [0.25, 0.3) is 11.5 Å². The molecule has 2 aromatic carbocycles. The third kappa shape index (κ3) is 7.65. The van der Waals surface area contributed by atoms with Crippen molar-refractivity contribution < 1.29 is 13.4 Å². The Kier molecular flexibility index (Phi) is 8.97. The van der Waals surface area contributed by atoms with Crippen LogP contribution in [0.3, 0.4) is 0 Å². The van der Waals surface area contributed by atoms with Gasteiger partial charge in [-0.05, 0) is 45.4 Å². The lowest BCUT2D eigenvalue weighted by atomic mass is 10.1. The molecule has 1 heterocycles. The average Bonchev–Trinajstić information content (AvgIpc) is 3.13. The van der Waals surface area contributed by atoms with Crippen molar-refractivity contribution in [2.45, 2.75) is 46.0 Å². The molecule has 0 aliphatic heterocycles. The molecule has 1 N–H and O–H groups in total. The van der Waals surface area contributed by atoms with Gasteiger partial charge in [-0.2, -0.15) is 0 Å². The molecule has 3 rings (SSSR count). The molecule has 3 aromatic rings. The second-order valence-corrected chi connectivity index (χ2v) is 9.98. The molecule has 0 unspecified atom stereocenters. The van der Waals surface area contributed by atoms with Gasteiger partial charge < -0.3 is 9.73 Å². The maximum absolute atomic E-state index is 12.6. The van der Waals surface area contributed by atoms with E-state index in [1.165, 1.54) is 5.56 Å². The Balaban J connectivity index is 1.47. The lowest BCUT2D eigenvalue weighted by Crippen LogP contribution is -2.39.